The van der Waals surface area contributed by atoms with Crippen molar-refractivity contribution in [3.8, 4) is 5.75 Å². The summed E-state index contributed by atoms with van der Waals surface area (Å²) in [6, 6.07) is 7.46. The van der Waals surface area contributed by atoms with Crippen molar-refractivity contribution < 1.29 is 9.53 Å². The maximum absolute atomic E-state index is 12.0. The molecule has 0 radical (unpaired) electrons. The zero-order chi connectivity index (χ0) is 15.0. The summed E-state index contributed by atoms with van der Waals surface area (Å²) >= 11 is 1.70. The van der Waals surface area contributed by atoms with Gasteiger partial charge in [-0.3, -0.25) is 4.79 Å². The summed E-state index contributed by atoms with van der Waals surface area (Å²) in [6.07, 6.45) is 2.72. The highest BCUT2D eigenvalue weighted by atomic mass is 32.2. The third kappa shape index (κ3) is 5.84. The second kappa shape index (κ2) is 8.87. The summed E-state index contributed by atoms with van der Waals surface area (Å²) < 4.78 is 5.60. The fourth-order valence-corrected chi connectivity index (χ4v) is 2.19. The van der Waals surface area contributed by atoms with Crippen molar-refractivity contribution in [2.45, 2.75) is 19.4 Å². The van der Waals surface area contributed by atoms with Crippen LogP contribution in [0.1, 0.15) is 12.0 Å². The van der Waals surface area contributed by atoms with E-state index in [-0.39, 0.29) is 5.91 Å². The number of thioether (sulfide) groups is 1. The zero-order valence-electron chi connectivity index (χ0n) is 12.5. The molecule has 4 nitrogen and oxygen atoms in total. The third-order valence-electron chi connectivity index (χ3n) is 3.04. The van der Waals surface area contributed by atoms with E-state index in [1.165, 1.54) is 5.56 Å². The predicted molar refractivity (Wildman–Crippen MR) is 85.3 cm³/mol. The van der Waals surface area contributed by atoms with E-state index in [1.807, 2.05) is 37.4 Å². The van der Waals surface area contributed by atoms with Gasteiger partial charge < -0.3 is 15.4 Å². The molecule has 0 aliphatic rings. The van der Waals surface area contributed by atoms with Crippen LogP contribution in [0.2, 0.25) is 0 Å². The average Bonchev–Trinajstić information content (AvgIpc) is 2.45. The molecular weight excluding hydrogens is 272 g/mol. The first-order valence-corrected chi connectivity index (χ1v) is 8.13. The lowest BCUT2D eigenvalue weighted by Gasteiger charge is -2.21. The molecule has 2 N–H and O–H groups in total. The van der Waals surface area contributed by atoms with Gasteiger partial charge in [0.05, 0.1) is 12.6 Å². The van der Waals surface area contributed by atoms with E-state index >= 15 is 0 Å². The van der Waals surface area contributed by atoms with E-state index in [1.54, 1.807) is 23.7 Å². The van der Waals surface area contributed by atoms with Crippen molar-refractivity contribution in [2.75, 3.05) is 32.2 Å². The van der Waals surface area contributed by atoms with Crippen LogP contribution in [-0.4, -0.2) is 49.1 Å². The highest BCUT2D eigenvalue weighted by Gasteiger charge is 2.17. The van der Waals surface area contributed by atoms with Crippen LogP contribution >= 0.6 is 11.8 Å². The lowest BCUT2D eigenvalue weighted by atomic mass is 10.2. The second-order valence-electron chi connectivity index (χ2n) is 4.81. The molecule has 0 aliphatic carbocycles. The van der Waals surface area contributed by atoms with Gasteiger partial charge in [-0.25, -0.2) is 0 Å². The molecule has 0 saturated heterocycles. The number of aryl methyl sites for hydroxylation is 1. The monoisotopic (exact) mass is 296 g/mol. The van der Waals surface area contributed by atoms with Crippen LogP contribution in [0.15, 0.2) is 24.3 Å². The minimum atomic E-state index is -0.410. The third-order valence-corrected chi connectivity index (χ3v) is 3.69. The average molecular weight is 296 g/mol. The Bertz CT molecular complexity index is 409. The van der Waals surface area contributed by atoms with E-state index in [9.17, 15) is 4.79 Å². The van der Waals surface area contributed by atoms with Crippen LogP contribution < -0.4 is 10.5 Å². The molecule has 1 aromatic carbocycles. The lowest BCUT2D eigenvalue weighted by Crippen LogP contribution is -2.43. The summed E-state index contributed by atoms with van der Waals surface area (Å²) in [5, 5.41) is 0. The van der Waals surface area contributed by atoms with Gasteiger partial charge in [0.1, 0.15) is 12.4 Å². The molecule has 0 spiro atoms. The van der Waals surface area contributed by atoms with Crippen LogP contribution in [0.5, 0.6) is 5.75 Å². The van der Waals surface area contributed by atoms with Crippen LogP contribution in [0.4, 0.5) is 0 Å². The summed E-state index contributed by atoms with van der Waals surface area (Å²) in [7, 11) is 1.76. The van der Waals surface area contributed by atoms with Crippen molar-refractivity contribution in [1.29, 1.82) is 0 Å². The van der Waals surface area contributed by atoms with Gasteiger partial charge in [-0.15, -0.1) is 0 Å². The summed E-state index contributed by atoms with van der Waals surface area (Å²) in [5.74, 6) is 1.70. The first kappa shape index (κ1) is 16.9. The van der Waals surface area contributed by atoms with Gasteiger partial charge in [0.2, 0.25) is 5.91 Å². The highest BCUT2D eigenvalue weighted by Crippen LogP contribution is 2.11. The molecule has 0 bridgehead atoms. The summed E-state index contributed by atoms with van der Waals surface area (Å²) in [4.78, 5) is 13.6. The fraction of sp³-hybridized carbons (Fsp3) is 0.533. The summed E-state index contributed by atoms with van der Waals surface area (Å²) in [6.45, 7) is 3.05. The number of nitrogens with zero attached hydrogens (tertiary/aromatic N) is 1. The molecule has 0 heterocycles. The maximum atomic E-state index is 12.0. The van der Waals surface area contributed by atoms with E-state index in [2.05, 4.69) is 0 Å². The van der Waals surface area contributed by atoms with Gasteiger partial charge >= 0.3 is 0 Å². The smallest absolute Gasteiger partial charge is 0.239 e. The van der Waals surface area contributed by atoms with E-state index in [4.69, 9.17) is 10.5 Å². The number of benzene rings is 1. The number of amides is 1. The SMILES string of the molecule is CSCC[C@@H](N)C(=O)N(C)CCOc1ccc(C)cc1. The van der Waals surface area contributed by atoms with Gasteiger partial charge in [-0.1, -0.05) is 17.7 Å². The molecule has 1 aromatic rings. The Morgan fingerprint density at radius 2 is 2.05 bits per heavy atom. The second-order valence-corrected chi connectivity index (χ2v) is 5.79. The van der Waals surface area contributed by atoms with Crippen LogP contribution in [0.3, 0.4) is 0 Å². The van der Waals surface area contributed by atoms with Crippen molar-refractivity contribution in [2.24, 2.45) is 5.73 Å². The van der Waals surface area contributed by atoms with Crippen molar-refractivity contribution in [3.05, 3.63) is 29.8 Å². The van der Waals surface area contributed by atoms with Gasteiger partial charge in [0, 0.05) is 7.05 Å². The molecule has 0 aliphatic heterocycles. The largest absolute Gasteiger partial charge is 0.492 e. The number of hydrogen-bond donors (Lipinski definition) is 1. The Labute approximate surface area is 125 Å². The lowest BCUT2D eigenvalue weighted by molar-refractivity contribution is -0.131. The molecule has 0 aromatic heterocycles. The molecule has 5 heteroatoms. The molecule has 0 saturated carbocycles. The number of carbonyl (C=O) groups is 1. The Balaban J connectivity index is 2.30. The van der Waals surface area contributed by atoms with Gasteiger partial charge in [-0.2, -0.15) is 11.8 Å². The van der Waals surface area contributed by atoms with Crippen LogP contribution in [-0.2, 0) is 4.79 Å². The van der Waals surface area contributed by atoms with Gasteiger partial charge in [0.25, 0.3) is 0 Å². The number of ether oxygens (including phenoxy) is 1. The first-order valence-electron chi connectivity index (χ1n) is 6.73. The Morgan fingerprint density at radius 1 is 1.40 bits per heavy atom. The molecular formula is C15H24N2O2S. The quantitative estimate of drug-likeness (QED) is 0.796. The summed E-state index contributed by atoms with van der Waals surface area (Å²) in [5.41, 5.74) is 7.06. The number of nitrogens with two attached hydrogens (primary N) is 1. The van der Waals surface area contributed by atoms with E-state index < -0.39 is 6.04 Å². The Hall–Kier alpha value is -1.20. The Kier molecular flexibility index (Phi) is 7.47. The molecule has 0 unspecified atom stereocenters. The Morgan fingerprint density at radius 3 is 2.65 bits per heavy atom. The molecule has 112 valence electrons. The fourth-order valence-electron chi connectivity index (χ4n) is 1.70. The van der Waals surface area contributed by atoms with Crippen molar-refractivity contribution in [3.63, 3.8) is 0 Å². The molecule has 1 amide bonds. The molecule has 1 rings (SSSR count). The van der Waals surface area contributed by atoms with E-state index in [0.29, 0.717) is 19.6 Å². The van der Waals surface area contributed by atoms with Gasteiger partial charge in [0.15, 0.2) is 0 Å². The van der Waals surface area contributed by atoms with Crippen LogP contribution in [0, 0.1) is 6.92 Å². The predicted octanol–water partition coefficient (Wildman–Crippen LogP) is 1.91. The number of hydrogen-bond acceptors (Lipinski definition) is 4. The van der Waals surface area contributed by atoms with Crippen molar-refractivity contribution in [1.82, 2.24) is 4.90 Å². The number of carbonyl (C=O) groups excluding carboxylic acids is 1. The van der Waals surface area contributed by atoms with Gasteiger partial charge in [-0.05, 0) is 37.5 Å². The normalized spacial score (nSPS) is 12.0. The molecule has 1 atom stereocenters. The standard InChI is InChI=1S/C15H24N2O2S/c1-12-4-6-13(7-5-12)19-10-9-17(2)15(18)14(16)8-11-20-3/h4-7,14H,8-11,16H2,1-3H3/t14-/m1/s1. The zero-order valence-corrected chi connectivity index (χ0v) is 13.3. The first-order chi connectivity index (χ1) is 9.54. The van der Waals surface area contributed by atoms with Crippen LogP contribution in [0.25, 0.3) is 0 Å². The number of rotatable bonds is 8. The molecule has 20 heavy (non-hydrogen) atoms. The molecule has 0 fully saturated rings. The minimum absolute atomic E-state index is 0.0217. The highest BCUT2D eigenvalue weighted by molar-refractivity contribution is 7.98. The maximum Gasteiger partial charge on any atom is 0.239 e. The topological polar surface area (TPSA) is 55.6 Å². The van der Waals surface area contributed by atoms with E-state index in [0.717, 1.165) is 11.5 Å². The minimum Gasteiger partial charge on any atom is -0.492 e. The van der Waals surface area contributed by atoms with Crippen molar-refractivity contribution >= 4 is 17.7 Å². The number of likely N-dealkylation sites (N-methyl/N-ethyl adjacent to an activating group) is 1.